The van der Waals surface area contributed by atoms with Crippen LogP contribution in [0.15, 0.2) is 24.3 Å². The number of carbonyl (C=O) groups is 1. The van der Waals surface area contributed by atoms with E-state index in [9.17, 15) is 10.1 Å². The van der Waals surface area contributed by atoms with Crippen LogP contribution < -0.4 is 4.90 Å². The molecule has 6 nitrogen and oxygen atoms in total. The highest BCUT2D eigenvalue weighted by Crippen LogP contribution is 2.31. The van der Waals surface area contributed by atoms with E-state index in [1.807, 2.05) is 24.3 Å². The maximum absolute atomic E-state index is 12.8. The largest absolute Gasteiger partial charge is 0.461 e. The monoisotopic (exact) mass is 364 g/mol. The smallest absolute Gasteiger partial charge is 0.329 e. The molecule has 1 aliphatic carbocycles. The van der Waals surface area contributed by atoms with Crippen molar-refractivity contribution in [3.8, 4) is 6.07 Å². The van der Waals surface area contributed by atoms with Crippen molar-refractivity contribution in [2.45, 2.75) is 57.0 Å². The first kappa shape index (κ1) is 17.7. The number of carbonyl (C=O) groups excluding carboxylic acids is 1. The number of hydrogen-bond acceptors (Lipinski definition) is 6. The fourth-order valence-electron chi connectivity index (χ4n) is 4.00. The predicted molar refractivity (Wildman–Crippen MR) is 102 cm³/mol. The van der Waals surface area contributed by atoms with Crippen LogP contribution in [0, 0.1) is 11.3 Å². The second-order valence-electron chi connectivity index (χ2n) is 7.37. The van der Waals surface area contributed by atoms with Crippen molar-refractivity contribution in [2.75, 3.05) is 18.0 Å². The molecule has 2 aromatic rings. The fourth-order valence-corrected chi connectivity index (χ4v) is 4.00. The summed E-state index contributed by atoms with van der Waals surface area (Å²) in [5.74, 6) is -0.882. The van der Waals surface area contributed by atoms with Gasteiger partial charge in [-0.3, -0.25) is 4.79 Å². The third-order valence-corrected chi connectivity index (χ3v) is 5.46. The zero-order valence-corrected chi connectivity index (χ0v) is 15.4. The molecule has 0 bridgehead atoms. The number of benzene rings is 1. The predicted octanol–water partition coefficient (Wildman–Crippen LogP) is 3.71. The molecule has 0 N–H and O–H groups in total. The molecule has 1 saturated heterocycles. The number of nitriles is 1. The van der Waals surface area contributed by atoms with E-state index >= 15 is 0 Å². The minimum atomic E-state index is -1.04. The van der Waals surface area contributed by atoms with E-state index in [-0.39, 0.29) is 6.10 Å². The number of aromatic nitrogens is 2. The van der Waals surface area contributed by atoms with Crippen molar-refractivity contribution in [2.24, 2.45) is 0 Å². The van der Waals surface area contributed by atoms with Crippen molar-refractivity contribution in [3.05, 3.63) is 30.0 Å². The molecule has 4 rings (SSSR count). The van der Waals surface area contributed by atoms with E-state index in [1.54, 1.807) is 0 Å². The molecule has 1 saturated carbocycles. The fraction of sp³-hybridized carbons (Fsp3) is 0.524. The van der Waals surface area contributed by atoms with Crippen LogP contribution in [-0.2, 0) is 9.53 Å². The van der Waals surface area contributed by atoms with Gasteiger partial charge in [-0.25, -0.2) is 9.97 Å². The Kier molecular flexibility index (Phi) is 5.19. The molecule has 1 aliphatic heterocycles. The number of esters is 1. The van der Waals surface area contributed by atoms with Gasteiger partial charge in [0, 0.05) is 13.1 Å². The van der Waals surface area contributed by atoms with E-state index in [2.05, 4.69) is 16.0 Å². The molecular weight excluding hydrogens is 340 g/mol. The van der Waals surface area contributed by atoms with Gasteiger partial charge in [0.15, 0.2) is 11.7 Å². The Hall–Kier alpha value is -2.68. The number of rotatable bonds is 4. The lowest BCUT2D eigenvalue weighted by Gasteiger charge is -2.24. The molecular formula is C21H24N4O2. The van der Waals surface area contributed by atoms with Crippen LogP contribution in [-0.4, -0.2) is 35.1 Å². The van der Waals surface area contributed by atoms with Gasteiger partial charge >= 0.3 is 5.97 Å². The Labute approximate surface area is 159 Å². The first-order chi connectivity index (χ1) is 13.3. The molecule has 27 heavy (non-hydrogen) atoms. The molecule has 0 unspecified atom stereocenters. The van der Waals surface area contributed by atoms with Crippen LogP contribution in [0.2, 0.25) is 0 Å². The Morgan fingerprint density at radius 2 is 1.74 bits per heavy atom. The van der Waals surface area contributed by atoms with Crippen molar-refractivity contribution in [1.29, 1.82) is 5.26 Å². The van der Waals surface area contributed by atoms with Crippen LogP contribution >= 0.6 is 0 Å². The molecule has 140 valence electrons. The highest BCUT2D eigenvalue weighted by atomic mass is 16.5. The zero-order valence-electron chi connectivity index (χ0n) is 15.4. The van der Waals surface area contributed by atoms with Gasteiger partial charge in [0.05, 0.1) is 17.1 Å². The molecule has 1 atom stereocenters. The van der Waals surface area contributed by atoms with E-state index in [1.165, 1.54) is 6.42 Å². The Morgan fingerprint density at radius 1 is 1.07 bits per heavy atom. The molecule has 2 fully saturated rings. The van der Waals surface area contributed by atoms with Crippen molar-refractivity contribution in [1.82, 2.24) is 9.97 Å². The average molecular weight is 364 g/mol. The summed E-state index contributed by atoms with van der Waals surface area (Å²) in [6.07, 6.45) is 7.18. The third-order valence-electron chi connectivity index (χ3n) is 5.46. The number of ether oxygens (including phenoxy) is 1. The van der Waals surface area contributed by atoms with Crippen LogP contribution in [0.4, 0.5) is 5.82 Å². The summed E-state index contributed by atoms with van der Waals surface area (Å²) in [5.41, 5.74) is 1.90. The summed E-state index contributed by atoms with van der Waals surface area (Å²) < 4.78 is 5.68. The van der Waals surface area contributed by atoms with Crippen molar-refractivity contribution in [3.63, 3.8) is 0 Å². The van der Waals surface area contributed by atoms with Crippen LogP contribution in [0.25, 0.3) is 11.0 Å². The first-order valence-electron chi connectivity index (χ1n) is 9.88. The Morgan fingerprint density at radius 3 is 2.41 bits per heavy atom. The highest BCUT2D eigenvalue weighted by molar-refractivity contribution is 5.85. The van der Waals surface area contributed by atoms with Gasteiger partial charge in [0.1, 0.15) is 11.8 Å². The van der Waals surface area contributed by atoms with E-state index < -0.39 is 11.9 Å². The maximum atomic E-state index is 12.8. The maximum Gasteiger partial charge on any atom is 0.329 e. The number of nitrogens with zero attached hydrogens (tertiary/aromatic N) is 4. The zero-order chi connectivity index (χ0) is 18.6. The quantitative estimate of drug-likeness (QED) is 0.770. The van der Waals surface area contributed by atoms with Gasteiger partial charge in [0.2, 0.25) is 0 Å². The minimum Gasteiger partial charge on any atom is -0.461 e. The van der Waals surface area contributed by atoms with Gasteiger partial charge in [0.25, 0.3) is 0 Å². The van der Waals surface area contributed by atoms with Crippen molar-refractivity contribution >= 4 is 22.8 Å². The lowest BCUT2D eigenvalue weighted by atomic mass is 9.97. The SMILES string of the molecule is N#C[C@H](C(=O)OC1CCCCC1)c1nc2ccccc2nc1N1CCCC1. The van der Waals surface area contributed by atoms with E-state index in [4.69, 9.17) is 9.72 Å². The summed E-state index contributed by atoms with van der Waals surface area (Å²) in [6, 6.07) is 9.71. The Balaban J connectivity index is 1.69. The minimum absolute atomic E-state index is 0.0780. The molecule has 0 radical (unpaired) electrons. The highest BCUT2D eigenvalue weighted by Gasteiger charge is 2.32. The van der Waals surface area contributed by atoms with Crippen LogP contribution in [0.3, 0.4) is 0 Å². The summed E-state index contributed by atoms with van der Waals surface area (Å²) in [6.45, 7) is 1.74. The number of fused-ring (bicyclic) bond motifs is 1. The topological polar surface area (TPSA) is 79.1 Å². The number of hydrogen-bond donors (Lipinski definition) is 0. The standard InChI is InChI=1S/C21H24N4O2/c22-14-16(21(26)27-15-8-2-1-3-9-15)19-20(25-12-6-7-13-25)24-18-11-5-4-10-17(18)23-19/h4-5,10-11,15-16H,1-3,6-9,12-13H2/t16-/m0/s1. The number of anilines is 1. The lowest BCUT2D eigenvalue weighted by molar-refractivity contribution is -0.150. The summed E-state index contributed by atoms with van der Waals surface area (Å²) >= 11 is 0. The molecule has 2 aliphatic rings. The first-order valence-corrected chi connectivity index (χ1v) is 9.88. The van der Waals surface area contributed by atoms with Gasteiger partial charge in [-0.05, 0) is 50.7 Å². The van der Waals surface area contributed by atoms with Crippen LogP contribution in [0.1, 0.15) is 56.6 Å². The van der Waals surface area contributed by atoms with Gasteiger partial charge in [-0.2, -0.15) is 5.26 Å². The van der Waals surface area contributed by atoms with Gasteiger partial charge in [-0.1, -0.05) is 18.6 Å². The lowest BCUT2D eigenvalue weighted by Crippen LogP contribution is -2.28. The normalized spacial score (nSPS) is 19.0. The van der Waals surface area contributed by atoms with Gasteiger partial charge < -0.3 is 9.64 Å². The molecule has 6 heteroatoms. The molecule has 1 aromatic carbocycles. The average Bonchev–Trinajstić information content (AvgIpc) is 3.23. The molecule has 0 spiro atoms. The van der Waals surface area contributed by atoms with Crippen molar-refractivity contribution < 1.29 is 9.53 Å². The molecule has 2 heterocycles. The summed E-state index contributed by atoms with van der Waals surface area (Å²) in [5, 5.41) is 9.78. The molecule has 1 aromatic heterocycles. The number of para-hydroxylation sites is 2. The summed E-state index contributed by atoms with van der Waals surface area (Å²) in [7, 11) is 0. The van der Waals surface area contributed by atoms with E-state index in [0.717, 1.165) is 57.1 Å². The second kappa shape index (κ2) is 7.91. The summed E-state index contributed by atoms with van der Waals surface area (Å²) in [4.78, 5) is 24.4. The molecule has 0 amide bonds. The third kappa shape index (κ3) is 3.73. The Bertz CT molecular complexity index is 864. The second-order valence-corrected chi connectivity index (χ2v) is 7.37. The van der Waals surface area contributed by atoms with Crippen LogP contribution in [0.5, 0.6) is 0 Å². The van der Waals surface area contributed by atoms with Gasteiger partial charge in [-0.15, -0.1) is 0 Å². The van der Waals surface area contributed by atoms with E-state index in [0.29, 0.717) is 17.0 Å².